The van der Waals surface area contributed by atoms with Gasteiger partial charge in [0, 0.05) is 17.7 Å². The van der Waals surface area contributed by atoms with Gasteiger partial charge in [0.05, 0.1) is 18.9 Å². The summed E-state index contributed by atoms with van der Waals surface area (Å²) in [6.07, 6.45) is 1.84. The maximum absolute atomic E-state index is 12.6. The number of amides is 1. The summed E-state index contributed by atoms with van der Waals surface area (Å²) >= 11 is 0. The summed E-state index contributed by atoms with van der Waals surface area (Å²) in [6.45, 7) is 0. The second-order valence-corrected chi connectivity index (χ2v) is 6.14. The Kier molecular flexibility index (Phi) is 2.71. The molecule has 1 amide bonds. The molecule has 0 unspecified atom stereocenters. The van der Waals surface area contributed by atoms with E-state index in [1.165, 1.54) is 0 Å². The molecule has 1 aliphatic heterocycles. The minimum Gasteiger partial charge on any atom is -0.497 e. The summed E-state index contributed by atoms with van der Waals surface area (Å²) in [5.74, 6) is 0.493. The lowest BCUT2D eigenvalue weighted by Crippen LogP contribution is -2.35. The van der Waals surface area contributed by atoms with Crippen molar-refractivity contribution in [3.8, 4) is 5.75 Å². The van der Waals surface area contributed by atoms with Crippen molar-refractivity contribution in [1.82, 2.24) is 0 Å². The molecule has 3 fully saturated rings. The molecule has 1 saturated heterocycles. The van der Waals surface area contributed by atoms with Crippen LogP contribution in [0.1, 0.15) is 12.8 Å². The van der Waals surface area contributed by atoms with E-state index in [4.69, 9.17) is 9.47 Å². The van der Waals surface area contributed by atoms with Crippen LogP contribution in [0.4, 0.5) is 5.69 Å². The van der Waals surface area contributed by atoms with Gasteiger partial charge in [-0.1, -0.05) is 6.07 Å². The van der Waals surface area contributed by atoms with Gasteiger partial charge >= 0.3 is 5.97 Å². The molecule has 2 aliphatic carbocycles. The van der Waals surface area contributed by atoms with Gasteiger partial charge in [0.15, 0.2) is 0 Å². The highest BCUT2D eigenvalue weighted by Crippen LogP contribution is 2.57. The van der Waals surface area contributed by atoms with Crippen LogP contribution in [0.25, 0.3) is 0 Å². The number of nitrogens with one attached hydrogen (secondary N) is 1. The molecule has 1 aromatic rings. The zero-order valence-corrected chi connectivity index (χ0v) is 11.7. The highest BCUT2D eigenvalue weighted by molar-refractivity contribution is 5.97. The van der Waals surface area contributed by atoms with Crippen LogP contribution in [0.15, 0.2) is 24.3 Å². The Labute approximate surface area is 122 Å². The molecule has 0 radical (unpaired) electrons. The van der Waals surface area contributed by atoms with E-state index in [0.717, 1.165) is 12.8 Å². The number of benzene rings is 1. The van der Waals surface area contributed by atoms with Crippen molar-refractivity contribution >= 4 is 17.6 Å². The van der Waals surface area contributed by atoms with E-state index in [9.17, 15) is 9.59 Å². The van der Waals surface area contributed by atoms with Crippen LogP contribution in [0, 0.1) is 23.7 Å². The van der Waals surface area contributed by atoms with E-state index in [0.29, 0.717) is 11.4 Å². The van der Waals surface area contributed by atoms with Crippen LogP contribution >= 0.6 is 0 Å². The highest BCUT2D eigenvalue weighted by atomic mass is 16.6. The van der Waals surface area contributed by atoms with Gasteiger partial charge in [0.25, 0.3) is 0 Å². The minimum absolute atomic E-state index is 0.0633. The number of hydrogen-bond acceptors (Lipinski definition) is 4. The molecule has 110 valence electrons. The highest BCUT2D eigenvalue weighted by Gasteiger charge is 2.63. The van der Waals surface area contributed by atoms with E-state index in [1.807, 2.05) is 18.2 Å². The first-order valence-corrected chi connectivity index (χ1v) is 7.33. The van der Waals surface area contributed by atoms with E-state index >= 15 is 0 Å². The molecule has 21 heavy (non-hydrogen) atoms. The number of esters is 1. The molecule has 3 aliphatic rings. The van der Waals surface area contributed by atoms with Crippen molar-refractivity contribution in [3.63, 3.8) is 0 Å². The number of carbonyl (C=O) groups is 2. The molecule has 5 heteroatoms. The van der Waals surface area contributed by atoms with E-state index in [2.05, 4.69) is 5.32 Å². The van der Waals surface area contributed by atoms with Gasteiger partial charge < -0.3 is 14.8 Å². The van der Waals surface area contributed by atoms with Gasteiger partial charge in [-0.05, 0) is 30.9 Å². The van der Waals surface area contributed by atoms with Crippen LogP contribution in [0.2, 0.25) is 0 Å². The first-order chi connectivity index (χ1) is 10.2. The Morgan fingerprint density at radius 2 is 2.24 bits per heavy atom. The molecule has 0 spiro atoms. The molecule has 2 bridgehead atoms. The second kappa shape index (κ2) is 4.48. The van der Waals surface area contributed by atoms with Crippen molar-refractivity contribution in [3.05, 3.63) is 24.3 Å². The van der Waals surface area contributed by atoms with Gasteiger partial charge in [-0.25, -0.2) is 0 Å². The third kappa shape index (κ3) is 1.83. The molecule has 2 saturated carbocycles. The normalized spacial score (nSPS) is 35.7. The zero-order chi connectivity index (χ0) is 14.6. The van der Waals surface area contributed by atoms with Gasteiger partial charge in [-0.2, -0.15) is 0 Å². The summed E-state index contributed by atoms with van der Waals surface area (Å²) in [4.78, 5) is 24.5. The van der Waals surface area contributed by atoms with Crippen molar-refractivity contribution in [2.75, 3.05) is 12.4 Å². The Balaban J connectivity index is 1.54. The predicted octanol–water partition coefficient (Wildman–Crippen LogP) is 1.83. The number of rotatable bonds is 3. The second-order valence-electron chi connectivity index (χ2n) is 6.14. The minimum atomic E-state index is -0.243. The predicted molar refractivity (Wildman–Crippen MR) is 74.7 cm³/mol. The fourth-order valence-corrected chi connectivity index (χ4v) is 4.29. The number of carbonyl (C=O) groups excluding carboxylic acids is 2. The lowest BCUT2D eigenvalue weighted by Gasteiger charge is -2.23. The van der Waals surface area contributed by atoms with Gasteiger partial charge in [-0.3, -0.25) is 9.59 Å². The molecule has 1 N–H and O–H groups in total. The van der Waals surface area contributed by atoms with Crippen LogP contribution in [-0.4, -0.2) is 25.1 Å². The first-order valence-electron chi connectivity index (χ1n) is 7.33. The van der Waals surface area contributed by atoms with Crippen molar-refractivity contribution < 1.29 is 19.1 Å². The molecule has 5 atom stereocenters. The molecule has 1 aromatic carbocycles. The summed E-state index contributed by atoms with van der Waals surface area (Å²) in [5.41, 5.74) is 0.699. The monoisotopic (exact) mass is 287 g/mol. The molecular weight excluding hydrogens is 270 g/mol. The smallest absolute Gasteiger partial charge is 0.310 e. The number of anilines is 1. The topological polar surface area (TPSA) is 64.6 Å². The van der Waals surface area contributed by atoms with E-state index in [1.54, 1.807) is 13.2 Å². The summed E-state index contributed by atoms with van der Waals surface area (Å²) in [6, 6.07) is 7.26. The third-order valence-electron chi connectivity index (χ3n) is 5.12. The standard InChI is InChI=1S/C16H17NO4/c1-20-10-4-2-3-9(7-10)17-15(18)13-8-5-11-12(6-8)21-16(19)14(11)13/h2-4,7-8,11-14H,5-6H2,1H3,(H,17,18)/t8-,11+,12+,13-,14+/m1/s1. The van der Waals surface area contributed by atoms with Gasteiger partial charge in [0.1, 0.15) is 11.9 Å². The number of methoxy groups -OCH3 is 1. The fraction of sp³-hybridized carbons (Fsp3) is 0.500. The third-order valence-corrected chi connectivity index (χ3v) is 5.12. The van der Waals surface area contributed by atoms with Crippen molar-refractivity contribution in [1.29, 1.82) is 0 Å². The van der Waals surface area contributed by atoms with Crippen LogP contribution < -0.4 is 10.1 Å². The average Bonchev–Trinajstić information content (AvgIpc) is 3.08. The fourth-order valence-electron chi connectivity index (χ4n) is 4.29. The molecule has 4 rings (SSSR count). The molecular formula is C16H17NO4. The lowest BCUT2D eigenvalue weighted by molar-refractivity contribution is -0.145. The Morgan fingerprint density at radius 1 is 1.38 bits per heavy atom. The Morgan fingerprint density at radius 3 is 3.05 bits per heavy atom. The Hall–Kier alpha value is -2.04. The van der Waals surface area contributed by atoms with Crippen LogP contribution in [0.5, 0.6) is 5.75 Å². The van der Waals surface area contributed by atoms with E-state index in [-0.39, 0.29) is 41.7 Å². The first kappa shape index (κ1) is 12.7. The van der Waals surface area contributed by atoms with Crippen LogP contribution in [-0.2, 0) is 14.3 Å². The SMILES string of the molecule is COc1cccc(NC(=O)[C@@H]2[C@@H]3C[C@@H]4[C@@H]2C(=O)O[C@H]4C3)c1. The largest absolute Gasteiger partial charge is 0.497 e. The number of ether oxygens (including phenoxy) is 2. The van der Waals surface area contributed by atoms with Gasteiger partial charge in [-0.15, -0.1) is 0 Å². The number of hydrogen-bond donors (Lipinski definition) is 1. The molecule has 5 nitrogen and oxygen atoms in total. The summed E-state index contributed by atoms with van der Waals surface area (Å²) in [5, 5.41) is 2.92. The molecule has 1 heterocycles. The maximum atomic E-state index is 12.6. The zero-order valence-electron chi connectivity index (χ0n) is 11.7. The van der Waals surface area contributed by atoms with Gasteiger partial charge in [0.2, 0.25) is 5.91 Å². The van der Waals surface area contributed by atoms with Crippen molar-refractivity contribution in [2.24, 2.45) is 23.7 Å². The summed E-state index contributed by atoms with van der Waals surface area (Å²) in [7, 11) is 1.59. The number of fused-ring (bicyclic) bond motifs is 1. The van der Waals surface area contributed by atoms with Crippen molar-refractivity contribution in [2.45, 2.75) is 18.9 Å². The molecule has 0 aromatic heterocycles. The van der Waals surface area contributed by atoms with E-state index < -0.39 is 0 Å². The lowest BCUT2D eigenvalue weighted by atomic mass is 9.79. The van der Waals surface area contributed by atoms with Crippen LogP contribution in [0.3, 0.4) is 0 Å². The maximum Gasteiger partial charge on any atom is 0.310 e. The Bertz CT molecular complexity index is 612. The summed E-state index contributed by atoms with van der Waals surface area (Å²) < 4.78 is 10.5. The quantitative estimate of drug-likeness (QED) is 0.861. The average molecular weight is 287 g/mol.